The van der Waals surface area contributed by atoms with Gasteiger partial charge in [-0.15, -0.1) is 0 Å². The van der Waals surface area contributed by atoms with Gasteiger partial charge in [-0.25, -0.2) is 0 Å². The molecule has 162 valence electrons. The summed E-state index contributed by atoms with van der Waals surface area (Å²) >= 11 is 0. The monoisotopic (exact) mass is 418 g/mol. The van der Waals surface area contributed by atoms with Crippen molar-refractivity contribution in [2.24, 2.45) is 0 Å². The molecule has 3 aromatic rings. The number of carbonyl (C=O) groups is 1. The zero-order valence-corrected chi connectivity index (χ0v) is 18.5. The van der Waals surface area contributed by atoms with Crippen LogP contribution in [0.25, 0.3) is 11.0 Å². The van der Waals surface area contributed by atoms with Gasteiger partial charge in [0.15, 0.2) is 11.2 Å². The van der Waals surface area contributed by atoms with Gasteiger partial charge in [0.05, 0.1) is 11.4 Å². The second-order valence-electron chi connectivity index (χ2n) is 8.67. The van der Waals surface area contributed by atoms with Gasteiger partial charge >= 0.3 is 0 Å². The highest BCUT2D eigenvalue weighted by atomic mass is 16.3. The Bertz CT molecular complexity index is 1140. The number of fused-ring (bicyclic) bond motifs is 1. The fourth-order valence-corrected chi connectivity index (χ4v) is 4.47. The number of hydrogen-bond acceptors (Lipinski definition) is 4. The van der Waals surface area contributed by atoms with Crippen molar-refractivity contribution in [2.45, 2.75) is 46.1 Å². The lowest BCUT2D eigenvalue weighted by Gasteiger charge is -2.35. The van der Waals surface area contributed by atoms with Gasteiger partial charge in [0.1, 0.15) is 5.58 Å². The Labute approximate surface area is 183 Å². The molecule has 1 aromatic heterocycles. The highest BCUT2D eigenvalue weighted by Gasteiger charge is 2.24. The fourth-order valence-electron chi connectivity index (χ4n) is 4.47. The van der Waals surface area contributed by atoms with Crippen LogP contribution < -0.4 is 10.7 Å². The molecule has 0 bridgehead atoms. The first-order valence-electron chi connectivity index (χ1n) is 11.1. The maximum atomic E-state index is 12.9. The van der Waals surface area contributed by atoms with Gasteiger partial charge in [-0.2, -0.15) is 0 Å². The smallest absolute Gasteiger partial charge is 0.287 e. The first-order valence-corrected chi connectivity index (χ1v) is 11.1. The van der Waals surface area contributed by atoms with E-state index in [0.717, 1.165) is 24.2 Å². The summed E-state index contributed by atoms with van der Waals surface area (Å²) in [6, 6.07) is 13.7. The van der Waals surface area contributed by atoms with E-state index in [9.17, 15) is 9.59 Å². The molecule has 0 radical (unpaired) electrons. The summed E-state index contributed by atoms with van der Waals surface area (Å²) in [7, 11) is 0. The lowest BCUT2D eigenvalue weighted by Crippen LogP contribution is -2.40. The van der Waals surface area contributed by atoms with E-state index in [1.54, 1.807) is 6.07 Å². The van der Waals surface area contributed by atoms with Crippen LogP contribution in [-0.2, 0) is 0 Å². The summed E-state index contributed by atoms with van der Waals surface area (Å²) in [6.45, 7) is 8.43. The molecular weight excluding hydrogens is 388 g/mol. The summed E-state index contributed by atoms with van der Waals surface area (Å²) in [5, 5.41) is 3.53. The molecule has 1 atom stereocenters. The molecule has 1 aliphatic heterocycles. The number of amides is 1. The summed E-state index contributed by atoms with van der Waals surface area (Å²) in [4.78, 5) is 28.0. The number of likely N-dealkylation sites (tertiary alicyclic amines) is 1. The van der Waals surface area contributed by atoms with Crippen LogP contribution in [0.2, 0.25) is 0 Å². The van der Waals surface area contributed by atoms with Crippen LogP contribution in [0.3, 0.4) is 0 Å². The van der Waals surface area contributed by atoms with E-state index < -0.39 is 0 Å². The molecule has 0 spiro atoms. The third kappa shape index (κ3) is 4.72. The van der Waals surface area contributed by atoms with Crippen LogP contribution >= 0.6 is 0 Å². The Balaban J connectivity index is 1.57. The van der Waals surface area contributed by atoms with Crippen LogP contribution in [0.5, 0.6) is 0 Å². The maximum absolute atomic E-state index is 12.9. The Kier molecular flexibility index (Phi) is 6.23. The number of benzene rings is 2. The summed E-state index contributed by atoms with van der Waals surface area (Å²) in [6.07, 6.45) is 3.60. The maximum Gasteiger partial charge on any atom is 0.287 e. The van der Waals surface area contributed by atoms with Crippen molar-refractivity contribution in [2.75, 3.05) is 19.6 Å². The quantitative estimate of drug-likeness (QED) is 0.654. The largest absolute Gasteiger partial charge is 0.450 e. The summed E-state index contributed by atoms with van der Waals surface area (Å²) in [5.41, 5.74) is 4.55. The Morgan fingerprint density at radius 3 is 2.42 bits per heavy atom. The zero-order chi connectivity index (χ0) is 22.0. The number of aryl methyl sites for hydroxylation is 3. The van der Waals surface area contributed by atoms with Crippen molar-refractivity contribution in [3.05, 3.63) is 80.7 Å². The molecule has 1 amide bonds. The van der Waals surface area contributed by atoms with E-state index in [4.69, 9.17) is 4.42 Å². The molecular formula is C26H30N2O3. The molecule has 4 rings (SSSR count). The van der Waals surface area contributed by atoms with Gasteiger partial charge in [-0.05, 0) is 69.5 Å². The fraction of sp³-hybridized carbons (Fsp3) is 0.385. The van der Waals surface area contributed by atoms with Crippen LogP contribution in [0.15, 0.2) is 51.7 Å². The normalized spacial score (nSPS) is 15.7. The molecule has 31 heavy (non-hydrogen) atoms. The number of piperidine rings is 1. The molecule has 0 unspecified atom stereocenters. The standard InChI is InChI=1S/C26H30N2O3/c1-17-7-9-20(10-8-17)22(28-11-5-4-6-12-28)16-27-26(30)24-15-23(29)21-14-18(2)13-19(3)25(21)31-24/h7-10,13-15,22H,4-6,11-12,16H2,1-3H3,(H,27,30)/t22-/m1/s1. The van der Waals surface area contributed by atoms with E-state index in [1.807, 2.05) is 19.9 Å². The van der Waals surface area contributed by atoms with Gasteiger partial charge in [0.2, 0.25) is 0 Å². The molecule has 2 aromatic carbocycles. The highest BCUT2D eigenvalue weighted by Crippen LogP contribution is 2.25. The summed E-state index contributed by atoms with van der Waals surface area (Å²) in [5.74, 6) is -0.293. The van der Waals surface area contributed by atoms with Gasteiger partial charge in [-0.3, -0.25) is 14.5 Å². The minimum absolute atomic E-state index is 0.0609. The molecule has 5 nitrogen and oxygen atoms in total. The minimum atomic E-state index is -0.354. The lowest BCUT2D eigenvalue weighted by molar-refractivity contribution is 0.0897. The molecule has 1 N–H and O–H groups in total. The predicted molar refractivity (Wildman–Crippen MR) is 124 cm³/mol. The number of hydrogen-bond donors (Lipinski definition) is 1. The van der Waals surface area contributed by atoms with E-state index in [2.05, 4.69) is 41.4 Å². The topological polar surface area (TPSA) is 62.6 Å². The number of nitrogens with one attached hydrogen (secondary N) is 1. The van der Waals surface area contributed by atoms with Crippen LogP contribution in [-0.4, -0.2) is 30.4 Å². The highest BCUT2D eigenvalue weighted by molar-refractivity contribution is 5.93. The van der Waals surface area contributed by atoms with Crippen molar-refractivity contribution < 1.29 is 9.21 Å². The number of carbonyl (C=O) groups excluding carboxylic acids is 1. The average Bonchev–Trinajstić information content (AvgIpc) is 2.76. The van der Waals surface area contributed by atoms with Crippen LogP contribution in [0.1, 0.15) is 58.1 Å². The second-order valence-corrected chi connectivity index (χ2v) is 8.67. The summed E-state index contributed by atoms with van der Waals surface area (Å²) < 4.78 is 5.86. The van der Waals surface area contributed by atoms with Crippen molar-refractivity contribution in [3.63, 3.8) is 0 Å². The molecule has 0 saturated carbocycles. The lowest BCUT2D eigenvalue weighted by atomic mass is 10.0. The van der Waals surface area contributed by atoms with Gasteiger partial charge in [0, 0.05) is 12.6 Å². The second kappa shape index (κ2) is 9.06. The number of nitrogens with zero attached hydrogens (tertiary/aromatic N) is 1. The van der Waals surface area contributed by atoms with Crippen molar-refractivity contribution in [3.8, 4) is 0 Å². The van der Waals surface area contributed by atoms with Crippen LogP contribution in [0, 0.1) is 20.8 Å². The molecule has 2 heterocycles. The minimum Gasteiger partial charge on any atom is -0.450 e. The molecule has 1 aliphatic rings. The van der Waals surface area contributed by atoms with Crippen molar-refractivity contribution >= 4 is 16.9 Å². The van der Waals surface area contributed by atoms with Crippen molar-refractivity contribution in [1.82, 2.24) is 10.2 Å². The van der Waals surface area contributed by atoms with E-state index >= 15 is 0 Å². The third-order valence-corrected chi connectivity index (χ3v) is 6.13. The Morgan fingerprint density at radius 1 is 1.00 bits per heavy atom. The van der Waals surface area contributed by atoms with Gasteiger partial charge in [0.25, 0.3) is 5.91 Å². The molecule has 1 fully saturated rings. The molecule has 0 aliphatic carbocycles. The first kappa shape index (κ1) is 21.3. The van der Waals surface area contributed by atoms with E-state index in [-0.39, 0.29) is 23.1 Å². The number of rotatable bonds is 5. The van der Waals surface area contributed by atoms with E-state index in [0.29, 0.717) is 17.5 Å². The zero-order valence-electron chi connectivity index (χ0n) is 18.5. The average molecular weight is 419 g/mol. The predicted octanol–water partition coefficient (Wildman–Crippen LogP) is 4.68. The van der Waals surface area contributed by atoms with Gasteiger partial charge < -0.3 is 9.73 Å². The van der Waals surface area contributed by atoms with Crippen LogP contribution in [0.4, 0.5) is 0 Å². The molecule has 5 heteroatoms. The van der Waals surface area contributed by atoms with E-state index in [1.165, 1.54) is 36.5 Å². The SMILES string of the molecule is Cc1ccc([C@@H](CNC(=O)c2cc(=O)c3cc(C)cc(C)c3o2)N2CCCCC2)cc1. The Hall–Kier alpha value is -2.92. The van der Waals surface area contributed by atoms with Gasteiger partial charge in [-0.1, -0.05) is 42.3 Å². The molecule has 1 saturated heterocycles. The third-order valence-electron chi connectivity index (χ3n) is 6.13. The Morgan fingerprint density at radius 2 is 1.71 bits per heavy atom. The first-order chi connectivity index (χ1) is 14.9. The van der Waals surface area contributed by atoms with Crippen molar-refractivity contribution in [1.29, 1.82) is 0 Å².